The van der Waals surface area contributed by atoms with Crippen LogP contribution < -0.4 is 19.5 Å². The van der Waals surface area contributed by atoms with Crippen LogP contribution in [-0.2, 0) is 20.5 Å². The summed E-state index contributed by atoms with van der Waals surface area (Å²) in [5.74, 6) is -0.627. The lowest BCUT2D eigenvalue weighted by atomic mass is 10.2. The number of rotatable bonds is 6. The van der Waals surface area contributed by atoms with Crippen molar-refractivity contribution in [2.24, 2.45) is 0 Å². The molecular weight excluding hydrogens is 395 g/mol. The number of carbonyl (C=O) groups is 2. The van der Waals surface area contributed by atoms with Crippen LogP contribution in [0, 0.1) is 0 Å². The molecule has 2 aromatic rings. The molecule has 0 aliphatic carbocycles. The number of esters is 1. The number of benzene rings is 2. The molecule has 1 amide bonds. The van der Waals surface area contributed by atoms with Crippen LogP contribution in [0.25, 0.3) is 0 Å². The van der Waals surface area contributed by atoms with Gasteiger partial charge in [-0.05, 0) is 37.3 Å². The van der Waals surface area contributed by atoms with Crippen LogP contribution in [0.4, 0.5) is 18.9 Å². The second-order valence-electron chi connectivity index (χ2n) is 6.00. The topological polar surface area (TPSA) is 83.1 Å². The van der Waals surface area contributed by atoms with Crippen molar-refractivity contribution in [2.45, 2.75) is 19.2 Å². The average Bonchev–Trinajstić information content (AvgIpc) is 3.13. The second kappa shape index (κ2) is 8.29. The highest BCUT2D eigenvalue weighted by Gasteiger charge is 2.30. The van der Waals surface area contributed by atoms with Crippen molar-refractivity contribution in [3.05, 3.63) is 48.0 Å². The molecule has 1 heterocycles. The van der Waals surface area contributed by atoms with E-state index in [4.69, 9.17) is 18.9 Å². The SMILES string of the molecule is C[C@H](OC(=O)COc1cccc(C(F)(F)F)c1)C(=O)Nc1ccc2c(c1)OCO2. The van der Waals surface area contributed by atoms with Gasteiger partial charge >= 0.3 is 12.1 Å². The van der Waals surface area contributed by atoms with E-state index in [2.05, 4.69) is 5.32 Å². The molecular formula is C19H16F3NO6. The zero-order chi connectivity index (χ0) is 21.0. The Hall–Kier alpha value is -3.43. The molecule has 3 rings (SSSR count). The smallest absolute Gasteiger partial charge is 0.416 e. The molecule has 1 aliphatic rings. The molecule has 0 unspecified atom stereocenters. The Kier molecular flexibility index (Phi) is 5.81. The zero-order valence-electron chi connectivity index (χ0n) is 15.1. The number of anilines is 1. The van der Waals surface area contributed by atoms with Crippen LogP contribution >= 0.6 is 0 Å². The molecule has 0 spiro atoms. The van der Waals surface area contributed by atoms with E-state index in [0.717, 1.165) is 18.2 Å². The summed E-state index contributed by atoms with van der Waals surface area (Å²) in [4.78, 5) is 24.0. The van der Waals surface area contributed by atoms with E-state index in [0.29, 0.717) is 17.2 Å². The van der Waals surface area contributed by atoms with E-state index in [1.54, 1.807) is 18.2 Å². The number of nitrogens with one attached hydrogen (secondary N) is 1. The number of amides is 1. The summed E-state index contributed by atoms with van der Waals surface area (Å²) in [5.41, 5.74) is -0.484. The van der Waals surface area contributed by atoms with Gasteiger partial charge in [0.15, 0.2) is 24.2 Å². The van der Waals surface area contributed by atoms with Crippen LogP contribution in [0.1, 0.15) is 12.5 Å². The molecule has 0 saturated carbocycles. The maximum atomic E-state index is 12.7. The third-order valence-electron chi connectivity index (χ3n) is 3.84. The first-order chi connectivity index (χ1) is 13.7. The Labute approximate surface area is 163 Å². The van der Waals surface area contributed by atoms with Gasteiger partial charge in [-0.15, -0.1) is 0 Å². The Morgan fingerprint density at radius 2 is 1.90 bits per heavy atom. The van der Waals surface area contributed by atoms with Crippen molar-refractivity contribution in [3.8, 4) is 17.2 Å². The summed E-state index contributed by atoms with van der Waals surface area (Å²) in [7, 11) is 0. The first kappa shape index (κ1) is 20.3. The van der Waals surface area contributed by atoms with E-state index < -0.39 is 36.3 Å². The maximum absolute atomic E-state index is 12.7. The van der Waals surface area contributed by atoms with Gasteiger partial charge in [-0.1, -0.05) is 6.07 Å². The molecule has 1 aliphatic heterocycles. The molecule has 10 heteroatoms. The van der Waals surface area contributed by atoms with Gasteiger partial charge in [-0.25, -0.2) is 4.79 Å². The number of fused-ring (bicyclic) bond motifs is 1. The number of ether oxygens (including phenoxy) is 4. The highest BCUT2D eigenvalue weighted by Crippen LogP contribution is 2.34. The van der Waals surface area contributed by atoms with Gasteiger partial charge < -0.3 is 24.3 Å². The molecule has 2 aromatic carbocycles. The molecule has 0 radical (unpaired) electrons. The fourth-order valence-corrected chi connectivity index (χ4v) is 2.41. The van der Waals surface area contributed by atoms with Crippen molar-refractivity contribution in [1.82, 2.24) is 0 Å². The van der Waals surface area contributed by atoms with Crippen LogP contribution in [0.3, 0.4) is 0 Å². The number of halogens is 3. The summed E-state index contributed by atoms with van der Waals surface area (Å²) < 4.78 is 58.3. The van der Waals surface area contributed by atoms with Gasteiger partial charge in [-0.2, -0.15) is 13.2 Å². The summed E-state index contributed by atoms with van der Waals surface area (Å²) in [5, 5.41) is 2.56. The third kappa shape index (κ3) is 5.31. The molecule has 7 nitrogen and oxygen atoms in total. The van der Waals surface area contributed by atoms with Crippen molar-refractivity contribution >= 4 is 17.6 Å². The Bertz CT molecular complexity index is 915. The van der Waals surface area contributed by atoms with Gasteiger partial charge in [0.2, 0.25) is 6.79 Å². The van der Waals surface area contributed by atoms with E-state index in [9.17, 15) is 22.8 Å². The average molecular weight is 411 g/mol. The standard InChI is InChI=1S/C19H16F3NO6/c1-11(18(25)23-13-5-6-15-16(8-13)28-10-27-15)29-17(24)9-26-14-4-2-3-12(7-14)19(20,21)22/h2-8,11H,9-10H2,1H3,(H,23,25)/t11-/m0/s1. The summed E-state index contributed by atoms with van der Waals surface area (Å²) in [6.07, 6.45) is -5.68. The second-order valence-corrected chi connectivity index (χ2v) is 6.00. The van der Waals surface area contributed by atoms with Gasteiger partial charge in [0.1, 0.15) is 5.75 Å². The third-order valence-corrected chi connectivity index (χ3v) is 3.84. The zero-order valence-corrected chi connectivity index (χ0v) is 15.1. The van der Waals surface area contributed by atoms with E-state index in [-0.39, 0.29) is 12.5 Å². The highest BCUT2D eigenvalue weighted by atomic mass is 19.4. The normalized spacial score (nSPS) is 13.5. The van der Waals surface area contributed by atoms with Crippen LogP contribution in [-0.4, -0.2) is 31.4 Å². The molecule has 1 atom stereocenters. The summed E-state index contributed by atoms with van der Waals surface area (Å²) in [6.45, 7) is 0.792. The minimum Gasteiger partial charge on any atom is -0.482 e. The van der Waals surface area contributed by atoms with Crippen molar-refractivity contribution in [3.63, 3.8) is 0 Å². The number of alkyl halides is 3. The molecule has 1 N–H and O–H groups in total. The van der Waals surface area contributed by atoms with E-state index in [1.807, 2.05) is 0 Å². The largest absolute Gasteiger partial charge is 0.482 e. The van der Waals surface area contributed by atoms with Crippen LogP contribution in [0.2, 0.25) is 0 Å². The summed E-state index contributed by atoms with van der Waals surface area (Å²) in [6, 6.07) is 8.86. The predicted octanol–water partition coefficient (Wildman–Crippen LogP) is 3.38. The lowest BCUT2D eigenvalue weighted by Crippen LogP contribution is -2.31. The lowest BCUT2D eigenvalue weighted by Gasteiger charge is -2.14. The summed E-state index contributed by atoms with van der Waals surface area (Å²) >= 11 is 0. The van der Waals surface area contributed by atoms with E-state index in [1.165, 1.54) is 13.0 Å². The van der Waals surface area contributed by atoms with Gasteiger partial charge in [0.25, 0.3) is 5.91 Å². The number of carbonyl (C=O) groups excluding carboxylic acids is 2. The molecule has 0 saturated heterocycles. The van der Waals surface area contributed by atoms with Crippen molar-refractivity contribution < 1.29 is 41.7 Å². The van der Waals surface area contributed by atoms with Gasteiger partial charge in [0, 0.05) is 11.8 Å². The Morgan fingerprint density at radius 3 is 2.66 bits per heavy atom. The number of hydrogen-bond acceptors (Lipinski definition) is 6. The quantitative estimate of drug-likeness (QED) is 0.734. The van der Waals surface area contributed by atoms with E-state index >= 15 is 0 Å². The van der Waals surface area contributed by atoms with Crippen LogP contribution in [0.15, 0.2) is 42.5 Å². The Morgan fingerprint density at radius 1 is 1.14 bits per heavy atom. The van der Waals surface area contributed by atoms with Crippen molar-refractivity contribution in [1.29, 1.82) is 0 Å². The van der Waals surface area contributed by atoms with Crippen molar-refractivity contribution in [2.75, 3.05) is 18.7 Å². The maximum Gasteiger partial charge on any atom is 0.416 e. The minimum atomic E-state index is -4.53. The fourth-order valence-electron chi connectivity index (χ4n) is 2.41. The highest BCUT2D eigenvalue weighted by molar-refractivity contribution is 5.95. The molecule has 0 fully saturated rings. The van der Waals surface area contributed by atoms with Gasteiger partial charge in [-0.3, -0.25) is 4.79 Å². The lowest BCUT2D eigenvalue weighted by molar-refractivity contribution is -0.155. The molecule has 29 heavy (non-hydrogen) atoms. The number of hydrogen-bond donors (Lipinski definition) is 1. The fraction of sp³-hybridized carbons (Fsp3) is 0.263. The molecule has 154 valence electrons. The first-order valence-electron chi connectivity index (χ1n) is 8.42. The molecule has 0 aromatic heterocycles. The van der Waals surface area contributed by atoms with Gasteiger partial charge in [0.05, 0.1) is 5.56 Å². The Balaban J connectivity index is 1.49. The minimum absolute atomic E-state index is 0.0899. The first-order valence-corrected chi connectivity index (χ1v) is 8.42. The predicted molar refractivity (Wildman–Crippen MR) is 93.7 cm³/mol. The monoisotopic (exact) mass is 411 g/mol. The van der Waals surface area contributed by atoms with Crippen LogP contribution in [0.5, 0.6) is 17.2 Å². The molecule has 0 bridgehead atoms.